The number of hydrogen-bond donors (Lipinski definition) is 0. The van der Waals surface area contributed by atoms with Crippen molar-refractivity contribution in [2.45, 2.75) is 26.8 Å². The van der Waals surface area contributed by atoms with Crippen molar-refractivity contribution in [2.24, 2.45) is 5.41 Å². The number of rotatable bonds is 4. The topological polar surface area (TPSA) is 75.9 Å². The van der Waals surface area contributed by atoms with E-state index in [1.807, 2.05) is 32.7 Å². The largest absolute Gasteiger partial charge is 0.464 e. The van der Waals surface area contributed by atoms with E-state index in [-0.39, 0.29) is 29.2 Å². The van der Waals surface area contributed by atoms with Crippen molar-refractivity contribution in [2.75, 3.05) is 38.2 Å². The molecular formula is C17H24BrN3O4. The van der Waals surface area contributed by atoms with Crippen LogP contribution in [0.3, 0.4) is 0 Å². The molecule has 7 nitrogen and oxygen atoms in total. The number of esters is 1. The van der Waals surface area contributed by atoms with Crippen LogP contribution in [0.5, 0.6) is 0 Å². The smallest absolute Gasteiger partial charge is 0.311 e. The molecule has 1 saturated heterocycles. The molecule has 1 aromatic rings. The van der Waals surface area contributed by atoms with Crippen LogP contribution in [0.4, 0.5) is 11.4 Å². The molecule has 1 aliphatic heterocycles. The molecule has 8 heteroatoms. The molecule has 0 amide bonds. The molecule has 0 N–H and O–H groups in total. The highest BCUT2D eigenvalue weighted by molar-refractivity contribution is 9.10. The quantitative estimate of drug-likeness (QED) is 0.428. The first kappa shape index (κ1) is 19.7. The summed E-state index contributed by atoms with van der Waals surface area (Å²) in [5.74, 6) is -0.243. The predicted molar refractivity (Wildman–Crippen MR) is 99.8 cm³/mol. The van der Waals surface area contributed by atoms with Gasteiger partial charge in [-0.1, -0.05) is 15.9 Å². The number of nitrogens with zero attached hydrogens (tertiary/aromatic N) is 3. The van der Waals surface area contributed by atoms with Gasteiger partial charge in [-0.3, -0.25) is 19.8 Å². The Morgan fingerprint density at radius 2 is 2.08 bits per heavy atom. The predicted octanol–water partition coefficient (Wildman–Crippen LogP) is 3.07. The Kier molecular flexibility index (Phi) is 6.05. The highest BCUT2D eigenvalue weighted by Gasteiger charge is 2.31. The van der Waals surface area contributed by atoms with Crippen molar-refractivity contribution in [3.8, 4) is 0 Å². The number of carbonyl (C=O) groups is 1. The summed E-state index contributed by atoms with van der Waals surface area (Å²) in [5.41, 5.74) is 0.120. The average Bonchev–Trinajstić information content (AvgIpc) is 2.53. The van der Waals surface area contributed by atoms with Gasteiger partial charge in [0.25, 0.3) is 5.69 Å². The van der Waals surface area contributed by atoms with E-state index in [0.717, 1.165) is 6.54 Å². The zero-order valence-corrected chi connectivity index (χ0v) is 16.6. The van der Waals surface area contributed by atoms with Gasteiger partial charge in [0.15, 0.2) is 0 Å². The maximum Gasteiger partial charge on any atom is 0.311 e. The number of halogens is 1. The van der Waals surface area contributed by atoms with Gasteiger partial charge in [-0.2, -0.15) is 0 Å². The summed E-state index contributed by atoms with van der Waals surface area (Å²) in [6, 6.07) is 5.06. The van der Waals surface area contributed by atoms with Crippen LogP contribution >= 0.6 is 15.9 Å². The van der Waals surface area contributed by atoms with E-state index in [1.165, 1.54) is 6.07 Å². The van der Waals surface area contributed by atoms with Crippen molar-refractivity contribution in [3.05, 3.63) is 32.8 Å². The fourth-order valence-electron chi connectivity index (χ4n) is 2.64. The number of ether oxygens (including phenoxy) is 1. The summed E-state index contributed by atoms with van der Waals surface area (Å²) in [7, 11) is 1.98. The lowest BCUT2D eigenvalue weighted by Gasteiger charge is -2.40. The Balaban J connectivity index is 2.12. The average molecular weight is 414 g/mol. The van der Waals surface area contributed by atoms with E-state index >= 15 is 0 Å². The first-order valence-electron chi connectivity index (χ1n) is 8.16. The molecule has 1 heterocycles. The van der Waals surface area contributed by atoms with Crippen LogP contribution in [-0.4, -0.2) is 55.1 Å². The number of benzene rings is 1. The molecule has 0 radical (unpaired) electrons. The molecule has 1 aromatic carbocycles. The third-order valence-corrected chi connectivity index (χ3v) is 4.76. The minimum Gasteiger partial charge on any atom is -0.464 e. The zero-order valence-electron chi connectivity index (χ0n) is 15.0. The molecule has 0 saturated carbocycles. The molecule has 1 fully saturated rings. The first-order valence-corrected chi connectivity index (χ1v) is 8.95. The molecule has 1 aliphatic rings. The molecule has 138 valence electrons. The summed E-state index contributed by atoms with van der Waals surface area (Å²) >= 11 is 3.28. The number of likely N-dealkylation sites (N-methyl/N-ethyl adjacent to an activating group) is 1. The summed E-state index contributed by atoms with van der Waals surface area (Å²) in [6.45, 7) is 7.71. The van der Waals surface area contributed by atoms with Gasteiger partial charge in [-0.15, -0.1) is 0 Å². The van der Waals surface area contributed by atoms with E-state index in [9.17, 15) is 14.9 Å². The summed E-state index contributed by atoms with van der Waals surface area (Å²) in [4.78, 5) is 27.1. The highest BCUT2D eigenvalue weighted by atomic mass is 79.9. The minimum atomic E-state index is -0.544. The second-order valence-electron chi connectivity index (χ2n) is 7.32. The Bertz CT molecular complexity index is 660. The Hall–Kier alpha value is -1.67. The van der Waals surface area contributed by atoms with Gasteiger partial charge < -0.3 is 9.64 Å². The number of nitro groups is 1. The maximum absolute atomic E-state index is 12.0. The lowest BCUT2D eigenvalue weighted by atomic mass is 9.97. The van der Waals surface area contributed by atoms with Gasteiger partial charge >= 0.3 is 5.97 Å². The molecule has 0 aromatic heterocycles. The SMILES string of the molecule is CN1CCN(c2ccc(Br)cc2[N+](=O)[O-])CC1COC(=O)C(C)(C)C. The van der Waals surface area contributed by atoms with Gasteiger partial charge in [-0.25, -0.2) is 0 Å². The van der Waals surface area contributed by atoms with Crippen LogP contribution in [-0.2, 0) is 9.53 Å². The van der Waals surface area contributed by atoms with Gasteiger partial charge in [-0.05, 0) is 40.0 Å². The van der Waals surface area contributed by atoms with Crippen LogP contribution in [0.15, 0.2) is 22.7 Å². The van der Waals surface area contributed by atoms with E-state index in [0.29, 0.717) is 23.2 Å². The fourth-order valence-corrected chi connectivity index (χ4v) is 2.99. The number of anilines is 1. The second kappa shape index (κ2) is 7.70. The summed E-state index contributed by atoms with van der Waals surface area (Å²) < 4.78 is 6.12. The number of carbonyl (C=O) groups excluding carboxylic acids is 1. The van der Waals surface area contributed by atoms with Crippen LogP contribution in [0.1, 0.15) is 20.8 Å². The van der Waals surface area contributed by atoms with Gasteiger partial charge in [0, 0.05) is 30.2 Å². The van der Waals surface area contributed by atoms with Crippen LogP contribution in [0, 0.1) is 15.5 Å². The molecule has 1 unspecified atom stereocenters. The van der Waals surface area contributed by atoms with E-state index < -0.39 is 5.41 Å². The molecular weight excluding hydrogens is 390 g/mol. The standard InChI is InChI=1S/C17H24BrN3O4/c1-17(2,3)16(22)25-11-13-10-20(8-7-19(13)4)14-6-5-12(18)9-15(14)21(23)24/h5-6,9,13H,7-8,10-11H2,1-4H3. The van der Waals surface area contributed by atoms with Crippen LogP contribution < -0.4 is 4.90 Å². The molecule has 0 spiro atoms. The van der Waals surface area contributed by atoms with Gasteiger partial charge in [0.1, 0.15) is 12.3 Å². The van der Waals surface area contributed by atoms with Crippen molar-refractivity contribution in [3.63, 3.8) is 0 Å². The number of hydrogen-bond acceptors (Lipinski definition) is 6. The zero-order chi connectivity index (χ0) is 18.8. The molecule has 0 aliphatic carbocycles. The molecule has 2 rings (SSSR count). The third kappa shape index (κ3) is 4.92. The molecule has 25 heavy (non-hydrogen) atoms. The first-order chi connectivity index (χ1) is 11.6. The fraction of sp³-hybridized carbons (Fsp3) is 0.588. The molecule has 0 bridgehead atoms. The van der Waals surface area contributed by atoms with Crippen molar-refractivity contribution in [1.29, 1.82) is 0 Å². The minimum absolute atomic E-state index is 0.0108. The lowest BCUT2D eigenvalue weighted by molar-refractivity contribution is -0.384. The van der Waals surface area contributed by atoms with E-state index in [4.69, 9.17) is 4.74 Å². The monoisotopic (exact) mass is 413 g/mol. The van der Waals surface area contributed by atoms with Crippen molar-refractivity contribution < 1.29 is 14.5 Å². The Morgan fingerprint density at radius 3 is 2.68 bits per heavy atom. The summed E-state index contributed by atoms with van der Waals surface area (Å²) in [5, 5.41) is 11.4. The highest BCUT2D eigenvalue weighted by Crippen LogP contribution is 2.32. The second-order valence-corrected chi connectivity index (χ2v) is 8.23. The Morgan fingerprint density at radius 1 is 1.40 bits per heavy atom. The Labute approximate surface area is 156 Å². The maximum atomic E-state index is 12.0. The summed E-state index contributed by atoms with van der Waals surface area (Å²) in [6.07, 6.45) is 0. The normalized spacial score (nSPS) is 18.9. The van der Waals surface area contributed by atoms with Crippen LogP contribution in [0.2, 0.25) is 0 Å². The van der Waals surface area contributed by atoms with Crippen molar-refractivity contribution in [1.82, 2.24) is 4.90 Å². The molecule has 1 atom stereocenters. The van der Waals surface area contributed by atoms with Crippen LogP contribution in [0.25, 0.3) is 0 Å². The lowest BCUT2D eigenvalue weighted by Crippen LogP contribution is -2.54. The van der Waals surface area contributed by atoms with Crippen molar-refractivity contribution >= 4 is 33.3 Å². The number of piperazine rings is 1. The van der Waals surface area contributed by atoms with Gasteiger partial charge in [0.05, 0.1) is 16.4 Å². The third-order valence-electron chi connectivity index (χ3n) is 4.27. The van der Waals surface area contributed by atoms with E-state index in [1.54, 1.807) is 12.1 Å². The number of nitro benzene ring substituents is 1. The van der Waals surface area contributed by atoms with Gasteiger partial charge in [0.2, 0.25) is 0 Å². The van der Waals surface area contributed by atoms with E-state index in [2.05, 4.69) is 20.8 Å².